The fourth-order valence-corrected chi connectivity index (χ4v) is 1.97. The van der Waals surface area contributed by atoms with Crippen LogP contribution in [0, 0.1) is 0 Å². The van der Waals surface area contributed by atoms with Gasteiger partial charge in [-0.15, -0.1) is 0 Å². The van der Waals surface area contributed by atoms with Crippen molar-refractivity contribution in [2.24, 2.45) is 0 Å². The summed E-state index contributed by atoms with van der Waals surface area (Å²) in [5.41, 5.74) is 1.88. The summed E-state index contributed by atoms with van der Waals surface area (Å²) in [4.78, 5) is 16.3. The van der Waals surface area contributed by atoms with Gasteiger partial charge in [-0.05, 0) is 42.8 Å². The molecule has 0 radical (unpaired) electrons. The summed E-state index contributed by atoms with van der Waals surface area (Å²) in [5.74, 6) is -0.261. The molecule has 6 heteroatoms. The highest BCUT2D eigenvalue weighted by Gasteiger charge is 2.08. The molecule has 0 fully saturated rings. The monoisotopic (exact) mass is 319 g/mol. The quantitative estimate of drug-likeness (QED) is 0.767. The Labute approximate surface area is 134 Å². The van der Waals surface area contributed by atoms with Gasteiger partial charge < -0.3 is 15.4 Å². The number of amides is 1. The van der Waals surface area contributed by atoms with Crippen molar-refractivity contribution in [2.45, 2.75) is 6.42 Å². The Bertz CT molecular complexity index is 617. The van der Waals surface area contributed by atoms with Crippen LogP contribution in [0.1, 0.15) is 16.9 Å². The van der Waals surface area contributed by atoms with Crippen molar-refractivity contribution in [1.29, 1.82) is 0 Å². The maximum absolute atomic E-state index is 12.2. The van der Waals surface area contributed by atoms with Crippen molar-refractivity contribution < 1.29 is 9.53 Å². The fourth-order valence-electron chi connectivity index (χ4n) is 1.84. The number of benzene rings is 1. The van der Waals surface area contributed by atoms with Gasteiger partial charge in [-0.2, -0.15) is 0 Å². The molecule has 0 unspecified atom stereocenters. The first-order valence-electron chi connectivity index (χ1n) is 6.95. The molecule has 2 aromatic rings. The van der Waals surface area contributed by atoms with Crippen LogP contribution in [0.25, 0.3) is 0 Å². The zero-order chi connectivity index (χ0) is 15.8. The van der Waals surface area contributed by atoms with Crippen molar-refractivity contribution in [2.75, 3.05) is 30.9 Å². The number of carbonyl (C=O) groups excluding carboxylic acids is 1. The van der Waals surface area contributed by atoms with Crippen LogP contribution in [0.3, 0.4) is 0 Å². The van der Waals surface area contributed by atoms with Crippen molar-refractivity contribution >= 4 is 28.9 Å². The smallest absolute Gasteiger partial charge is 0.274 e. The maximum Gasteiger partial charge on any atom is 0.274 e. The highest BCUT2D eigenvalue weighted by atomic mass is 35.5. The number of methoxy groups -OCH3 is 1. The number of nitrogens with zero attached hydrogens (tertiary/aromatic N) is 1. The van der Waals surface area contributed by atoms with Crippen LogP contribution >= 0.6 is 11.6 Å². The number of hydrogen-bond donors (Lipinski definition) is 2. The number of hydrogen-bond acceptors (Lipinski definition) is 4. The van der Waals surface area contributed by atoms with E-state index in [1.54, 1.807) is 43.6 Å². The lowest BCUT2D eigenvalue weighted by Crippen LogP contribution is -2.14. The van der Waals surface area contributed by atoms with E-state index in [0.717, 1.165) is 18.7 Å². The normalized spacial score (nSPS) is 10.3. The summed E-state index contributed by atoms with van der Waals surface area (Å²) in [6, 6.07) is 10.5. The van der Waals surface area contributed by atoms with Gasteiger partial charge in [0.25, 0.3) is 5.91 Å². The van der Waals surface area contributed by atoms with E-state index in [1.165, 1.54) is 0 Å². The Hall–Kier alpha value is -2.11. The number of rotatable bonds is 7. The standard InChI is InChI=1S/C16H18ClN3O2/c1-22-10-2-8-18-14-7-9-19-15(11-14)16(21)20-13-5-3-12(17)4-6-13/h3-7,9,11H,2,8,10H2,1H3,(H,18,19)(H,20,21). The molecule has 1 heterocycles. The summed E-state index contributed by atoms with van der Waals surface area (Å²) in [7, 11) is 1.67. The molecule has 5 nitrogen and oxygen atoms in total. The lowest BCUT2D eigenvalue weighted by molar-refractivity contribution is 0.102. The molecule has 1 aromatic heterocycles. The Morgan fingerprint density at radius 1 is 1.23 bits per heavy atom. The van der Waals surface area contributed by atoms with E-state index < -0.39 is 0 Å². The first kappa shape index (κ1) is 16.3. The first-order valence-corrected chi connectivity index (χ1v) is 7.32. The molecule has 116 valence electrons. The van der Waals surface area contributed by atoms with Gasteiger partial charge in [0.2, 0.25) is 0 Å². The van der Waals surface area contributed by atoms with Crippen LogP contribution in [-0.2, 0) is 4.74 Å². The second-order valence-electron chi connectivity index (χ2n) is 4.66. The van der Waals surface area contributed by atoms with Crippen molar-refractivity contribution in [3.8, 4) is 0 Å². The molecule has 0 aliphatic carbocycles. The number of carbonyl (C=O) groups is 1. The summed E-state index contributed by atoms with van der Waals surface area (Å²) < 4.78 is 4.99. The predicted octanol–water partition coefficient (Wildman–Crippen LogP) is 3.44. The van der Waals surface area contributed by atoms with Gasteiger partial charge in [-0.25, -0.2) is 0 Å². The van der Waals surface area contributed by atoms with E-state index in [9.17, 15) is 4.79 Å². The van der Waals surface area contributed by atoms with Gasteiger partial charge in [0.15, 0.2) is 0 Å². The van der Waals surface area contributed by atoms with E-state index in [4.69, 9.17) is 16.3 Å². The topological polar surface area (TPSA) is 63.2 Å². The molecule has 2 N–H and O–H groups in total. The third-order valence-electron chi connectivity index (χ3n) is 2.95. The lowest BCUT2D eigenvalue weighted by atomic mass is 10.2. The van der Waals surface area contributed by atoms with E-state index in [0.29, 0.717) is 23.0 Å². The third-order valence-corrected chi connectivity index (χ3v) is 3.20. The van der Waals surface area contributed by atoms with E-state index >= 15 is 0 Å². The molecule has 0 saturated heterocycles. The predicted molar refractivity (Wildman–Crippen MR) is 88.6 cm³/mol. The minimum Gasteiger partial charge on any atom is -0.385 e. The average molecular weight is 320 g/mol. The Morgan fingerprint density at radius 2 is 2.00 bits per heavy atom. The maximum atomic E-state index is 12.2. The molecule has 0 atom stereocenters. The van der Waals surface area contributed by atoms with E-state index in [1.807, 2.05) is 6.07 Å². The number of ether oxygens (including phenoxy) is 1. The van der Waals surface area contributed by atoms with Crippen molar-refractivity contribution in [3.63, 3.8) is 0 Å². The molecule has 0 spiro atoms. The second-order valence-corrected chi connectivity index (χ2v) is 5.10. The van der Waals surface area contributed by atoms with Crippen LogP contribution in [0.2, 0.25) is 5.02 Å². The van der Waals surface area contributed by atoms with Crippen LogP contribution in [0.5, 0.6) is 0 Å². The van der Waals surface area contributed by atoms with Crippen LogP contribution in [-0.4, -0.2) is 31.2 Å². The zero-order valence-corrected chi connectivity index (χ0v) is 13.1. The minimum absolute atomic E-state index is 0.261. The molecule has 0 bridgehead atoms. The van der Waals surface area contributed by atoms with Crippen LogP contribution in [0.15, 0.2) is 42.6 Å². The Balaban J connectivity index is 1.96. The molecule has 2 rings (SSSR count). The number of pyridine rings is 1. The summed E-state index contributed by atoms with van der Waals surface area (Å²) >= 11 is 5.81. The van der Waals surface area contributed by atoms with E-state index in [-0.39, 0.29) is 5.91 Å². The summed E-state index contributed by atoms with van der Waals surface area (Å²) in [5, 5.41) is 6.63. The zero-order valence-electron chi connectivity index (χ0n) is 12.3. The SMILES string of the molecule is COCCCNc1ccnc(C(=O)Nc2ccc(Cl)cc2)c1. The molecular weight excluding hydrogens is 302 g/mol. The van der Waals surface area contributed by atoms with Gasteiger partial charge in [0, 0.05) is 42.9 Å². The van der Waals surface area contributed by atoms with Gasteiger partial charge in [-0.1, -0.05) is 11.6 Å². The summed E-state index contributed by atoms with van der Waals surface area (Å²) in [6.45, 7) is 1.47. The average Bonchev–Trinajstić information content (AvgIpc) is 2.54. The molecular formula is C16H18ClN3O2. The number of aromatic nitrogens is 1. The van der Waals surface area contributed by atoms with Crippen molar-refractivity contribution in [3.05, 3.63) is 53.3 Å². The Morgan fingerprint density at radius 3 is 2.73 bits per heavy atom. The van der Waals surface area contributed by atoms with Crippen LogP contribution in [0.4, 0.5) is 11.4 Å². The third kappa shape index (κ3) is 5.02. The first-order chi connectivity index (χ1) is 10.7. The number of halogens is 1. The van der Waals surface area contributed by atoms with E-state index in [2.05, 4.69) is 15.6 Å². The molecule has 0 aliphatic heterocycles. The largest absolute Gasteiger partial charge is 0.385 e. The molecule has 1 amide bonds. The highest BCUT2D eigenvalue weighted by molar-refractivity contribution is 6.30. The highest BCUT2D eigenvalue weighted by Crippen LogP contribution is 2.15. The van der Waals surface area contributed by atoms with Gasteiger partial charge in [0.1, 0.15) is 5.69 Å². The van der Waals surface area contributed by atoms with Crippen LogP contribution < -0.4 is 10.6 Å². The fraction of sp³-hybridized carbons (Fsp3) is 0.250. The van der Waals surface area contributed by atoms with Gasteiger partial charge in [0.05, 0.1) is 0 Å². The van der Waals surface area contributed by atoms with Gasteiger partial charge >= 0.3 is 0 Å². The second kappa shape index (κ2) is 8.36. The number of anilines is 2. The van der Waals surface area contributed by atoms with Gasteiger partial charge in [-0.3, -0.25) is 9.78 Å². The molecule has 0 aliphatic rings. The molecule has 22 heavy (non-hydrogen) atoms. The molecule has 0 saturated carbocycles. The lowest BCUT2D eigenvalue weighted by Gasteiger charge is -2.08. The summed E-state index contributed by atoms with van der Waals surface area (Å²) in [6.07, 6.45) is 2.50. The minimum atomic E-state index is -0.261. The number of nitrogens with one attached hydrogen (secondary N) is 2. The molecule has 1 aromatic carbocycles. The Kier molecular flexibility index (Phi) is 6.18. The van der Waals surface area contributed by atoms with Crippen molar-refractivity contribution in [1.82, 2.24) is 4.98 Å².